The van der Waals surface area contributed by atoms with E-state index >= 15 is 0 Å². The van der Waals surface area contributed by atoms with Gasteiger partial charge in [0.2, 0.25) is 5.91 Å². The molecule has 5 heteroatoms. The molecule has 0 bridgehead atoms. The minimum Gasteiger partial charge on any atom is -0.275 e. The Balaban J connectivity index is 1.78. The van der Waals surface area contributed by atoms with Crippen molar-refractivity contribution >= 4 is 11.6 Å². The fourth-order valence-electron chi connectivity index (χ4n) is 2.96. The second-order valence-corrected chi connectivity index (χ2v) is 5.51. The van der Waals surface area contributed by atoms with Crippen LogP contribution >= 0.6 is 0 Å². The molecule has 19 heavy (non-hydrogen) atoms. The number of aromatic nitrogens is 2. The van der Waals surface area contributed by atoms with Crippen LogP contribution in [0.5, 0.6) is 0 Å². The highest BCUT2D eigenvalue weighted by Crippen LogP contribution is 2.26. The van der Waals surface area contributed by atoms with Gasteiger partial charge in [-0.3, -0.25) is 9.48 Å². The number of carbonyl (C=O) groups excluding carboxylic acids is 1. The lowest BCUT2D eigenvalue weighted by atomic mass is 10.1. The Morgan fingerprint density at radius 3 is 2.58 bits per heavy atom. The molecule has 2 heterocycles. The standard InChI is InChI=1S/C14H20N4O/c1-17-10-11(9-15-17)13-8-14(19)18(16-13)12-6-4-2-3-5-7-12/h9-10,12H,2-8H2,1H3. The lowest BCUT2D eigenvalue weighted by Crippen LogP contribution is -2.32. The molecule has 0 radical (unpaired) electrons. The molecule has 1 aliphatic heterocycles. The fourth-order valence-corrected chi connectivity index (χ4v) is 2.96. The van der Waals surface area contributed by atoms with Crippen molar-refractivity contribution in [3.63, 3.8) is 0 Å². The minimum atomic E-state index is 0.144. The van der Waals surface area contributed by atoms with Crippen LogP contribution in [-0.4, -0.2) is 32.5 Å². The molecule has 0 N–H and O–H groups in total. The van der Waals surface area contributed by atoms with E-state index in [1.165, 1.54) is 25.7 Å². The molecule has 1 aromatic rings. The maximum Gasteiger partial charge on any atom is 0.249 e. The molecule has 0 unspecified atom stereocenters. The Morgan fingerprint density at radius 1 is 1.21 bits per heavy atom. The van der Waals surface area contributed by atoms with Gasteiger partial charge in [-0.25, -0.2) is 5.01 Å². The Hall–Kier alpha value is -1.65. The molecule has 1 aliphatic carbocycles. The second-order valence-electron chi connectivity index (χ2n) is 5.51. The van der Waals surface area contributed by atoms with E-state index < -0.39 is 0 Å². The van der Waals surface area contributed by atoms with Gasteiger partial charge in [-0.05, 0) is 12.8 Å². The van der Waals surface area contributed by atoms with Crippen LogP contribution in [0.25, 0.3) is 0 Å². The van der Waals surface area contributed by atoms with Crippen LogP contribution in [0.2, 0.25) is 0 Å². The first-order chi connectivity index (χ1) is 9.24. The van der Waals surface area contributed by atoms with Gasteiger partial charge < -0.3 is 0 Å². The minimum absolute atomic E-state index is 0.144. The average Bonchev–Trinajstić information content (AvgIpc) is 2.87. The first-order valence-electron chi connectivity index (χ1n) is 7.12. The summed E-state index contributed by atoms with van der Waals surface area (Å²) >= 11 is 0. The van der Waals surface area contributed by atoms with Crippen LogP contribution in [0.3, 0.4) is 0 Å². The van der Waals surface area contributed by atoms with Crippen LogP contribution in [0.4, 0.5) is 0 Å². The summed E-state index contributed by atoms with van der Waals surface area (Å²) in [5.74, 6) is 0.144. The van der Waals surface area contributed by atoms with Crippen molar-refractivity contribution in [2.45, 2.75) is 51.0 Å². The summed E-state index contributed by atoms with van der Waals surface area (Å²) in [4.78, 5) is 12.2. The van der Waals surface area contributed by atoms with Gasteiger partial charge in [0.1, 0.15) is 0 Å². The Kier molecular flexibility index (Phi) is 3.36. The number of nitrogens with zero attached hydrogens (tertiary/aromatic N) is 4. The summed E-state index contributed by atoms with van der Waals surface area (Å²) in [6, 6.07) is 0.309. The third-order valence-electron chi connectivity index (χ3n) is 4.01. The van der Waals surface area contributed by atoms with Gasteiger partial charge >= 0.3 is 0 Å². The molecule has 1 amide bonds. The van der Waals surface area contributed by atoms with Crippen LogP contribution in [0.15, 0.2) is 17.5 Å². The van der Waals surface area contributed by atoms with Crippen molar-refractivity contribution in [1.29, 1.82) is 0 Å². The quantitative estimate of drug-likeness (QED) is 0.764. The maximum atomic E-state index is 12.2. The van der Waals surface area contributed by atoms with E-state index in [2.05, 4.69) is 10.2 Å². The molecule has 0 aromatic carbocycles. The van der Waals surface area contributed by atoms with Crippen LogP contribution in [0.1, 0.15) is 50.5 Å². The largest absolute Gasteiger partial charge is 0.275 e. The highest BCUT2D eigenvalue weighted by molar-refractivity contribution is 6.13. The molecule has 5 nitrogen and oxygen atoms in total. The first kappa shape index (κ1) is 12.4. The predicted octanol–water partition coefficient (Wildman–Crippen LogP) is 2.08. The van der Waals surface area contributed by atoms with Gasteiger partial charge in [0.25, 0.3) is 0 Å². The number of rotatable bonds is 2. The summed E-state index contributed by atoms with van der Waals surface area (Å²) in [7, 11) is 1.88. The van der Waals surface area contributed by atoms with Gasteiger partial charge in [0.15, 0.2) is 0 Å². The summed E-state index contributed by atoms with van der Waals surface area (Å²) in [6.45, 7) is 0. The molecular formula is C14H20N4O. The zero-order valence-corrected chi connectivity index (χ0v) is 11.4. The Morgan fingerprint density at radius 2 is 1.95 bits per heavy atom. The Bertz CT molecular complexity index is 497. The van der Waals surface area contributed by atoms with E-state index in [1.54, 1.807) is 15.9 Å². The monoisotopic (exact) mass is 260 g/mol. The van der Waals surface area contributed by atoms with E-state index in [9.17, 15) is 4.79 Å². The van der Waals surface area contributed by atoms with Crippen molar-refractivity contribution in [3.8, 4) is 0 Å². The normalized spacial score (nSPS) is 21.6. The predicted molar refractivity (Wildman–Crippen MR) is 72.7 cm³/mol. The topological polar surface area (TPSA) is 50.5 Å². The third-order valence-corrected chi connectivity index (χ3v) is 4.01. The molecule has 0 saturated heterocycles. The van der Waals surface area contributed by atoms with Gasteiger partial charge in [0, 0.05) is 18.8 Å². The number of aryl methyl sites for hydroxylation is 1. The van der Waals surface area contributed by atoms with Crippen LogP contribution in [-0.2, 0) is 11.8 Å². The van der Waals surface area contributed by atoms with E-state index in [0.717, 1.165) is 24.1 Å². The third kappa shape index (κ3) is 2.55. The van der Waals surface area contributed by atoms with Gasteiger partial charge in [-0.15, -0.1) is 0 Å². The highest BCUT2D eigenvalue weighted by atomic mass is 16.2. The lowest BCUT2D eigenvalue weighted by Gasteiger charge is -2.22. The van der Waals surface area contributed by atoms with Crippen molar-refractivity contribution in [3.05, 3.63) is 18.0 Å². The second kappa shape index (κ2) is 5.15. The van der Waals surface area contributed by atoms with E-state index in [1.807, 2.05) is 13.2 Å². The molecule has 3 rings (SSSR count). The number of carbonyl (C=O) groups is 1. The number of hydrogen-bond donors (Lipinski definition) is 0. The molecule has 0 spiro atoms. The zero-order valence-electron chi connectivity index (χ0n) is 11.4. The number of amides is 1. The van der Waals surface area contributed by atoms with Crippen molar-refractivity contribution in [2.75, 3.05) is 0 Å². The first-order valence-corrected chi connectivity index (χ1v) is 7.12. The van der Waals surface area contributed by atoms with Gasteiger partial charge in [-0.1, -0.05) is 25.7 Å². The van der Waals surface area contributed by atoms with Gasteiger partial charge in [-0.2, -0.15) is 10.2 Å². The van der Waals surface area contributed by atoms with E-state index in [-0.39, 0.29) is 5.91 Å². The maximum absolute atomic E-state index is 12.2. The van der Waals surface area contributed by atoms with Crippen molar-refractivity contribution < 1.29 is 4.79 Å². The highest BCUT2D eigenvalue weighted by Gasteiger charge is 2.31. The van der Waals surface area contributed by atoms with Gasteiger partial charge in [0.05, 0.1) is 24.4 Å². The summed E-state index contributed by atoms with van der Waals surface area (Å²) in [5.41, 5.74) is 1.83. The molecule has 2 aliphatic rings. The van der Waals surface area contributed by atoms with Crippen LogP contribution < -0.4 is 0 Å². The lowest BCUT2D eigenvalue weighted by molar-refractivity contribution is -0.131. The zero-order chi connectivity index (χ0) is 13.2. The van der Waals surface area contributed by atoms with Crippen LogP contribution in [0, 0.1) is 0 Å². The van der Waals surface area contributed by atoms with Crippen molar-refractivity contribution in [1.82, 2.24) is 14.8 Å². The Labute approximate surface area is 113 Å². The SMILES string of the molecule is Cn1cc(C2=NN(C3CCCCCC3)C(=O)C2)cn1. The van der Waals surface area contributed by atoms with E-state index in [0.29, 0.717) is 12.5 Å². The molecule has 1 saturated carbocycles. The molecule has 0 atom stereocenters. The smallest absolute Gasteiger partial charge is 0.249 e. The summed E-state index contributed by atoms with van der Waals surface area (Å²) < 4.78 is 1.75. The fraction of sp³-hybridized carbons (Fsp3) is 0.643. The van der Waals surface area contributed by atoms with Crippen molar-refractivity contribution in [2.24, 2.45) is 12.1 Å². The average molecular weight is 260 g/mol. The van der Waals surface area contributed by atoms with E-state index in [4.69, 9.17) is 0 Å². The molecule has 1 fully saturated rings. The number of hydrazone groups is 1. The molecule has 102 valence electrons. The number of hydrogen-bond acceptors (Lipinski definition) is 3. The summed E-state index contributed by atoms with van der Waals surface area (Å²) in [5, 5.41) is 10.5. The molecule has 1 aromatic heterocycles. The molecular weight excluding hydrogens is 240 g/mol. The summed E-state index contributed by atoms with van der Waals surface area (Å²) in [6.07, 6.45) is 11.3.